The lowest BCUT2D eigenvalue weighted by Crippen LogP contribution is -2.28. The number of nitrogens with zero attached hydrogens (tertiary/aromatic N) is 1. The van der Waals surface area contributed by atoms with Crippen LogP contribution in [0.15, 0.2) is 18.2 Å². The monoisotopic (exact) mass is 232 g/mol. The lowest BCUT2D eigenvalue weighted by molar-refractivity contribution is -0.125. The van der Waals surface area contributed by atoms with E-state index in [1.54, 1.807) is 6.07 Å². The minimum absolute atomic E-state index is 0.0610. The van der Waals surface area contributed by atoms with E-state index in [9.17, 15) is 17.6 Å². The molecular formula is C10H8F4N2. The second kappa shape index (κ2) is 4.94. The normalized spacial score (nSPS) is 11.2. The van der Waals surface area contributed by atoms with Crippen molar-refractivity contribution in [2.45, 2.75) is 12.7 Å². The summed E-state index contributed by atoms with van der Waals surface area (Å²) in [6.45, 7) is -1.18. The molecule has 0 amide bonds. The van der Waals surface area contributed by atoms with Gasteiger partial charge in [0.15, 0.2) is 0 Å². The third kappa shape index (κ3) is 3.87. The zero-order valence-electron chi connectivity index (χ0n) is 8.11. The molecule has 1 aromatic rings. The van der Waals surface area contributed by atoms with E-state index in [4.69, 9.17) is 5.26 Å². The summed E-state index contributed by atoms with van der Waals surface area (Å²) in [5.74, 6) is -0.679. The summed E-state index contributed by atoms with van der Waals surface area (Å²) in [5, 5.41) is 10.7. The maximum absolute atomic E-state index is 12.9. The first-order chi connectivity index (χ1) is 7.42. The molecule has 0 aliphatic carbocycles. The van der Waals surface area contributed by atoms with E-state index >= 15 is 0 Å². The first-order valence-electron chi connectivity index (χ1n) is 4.38. The second-order valence-corrected chi connectivity index (χ2v) is 3.14. The van der Waals surface area contributed by atoms with Gasteiger partial charge in [-0.15, -0.1) is 0 Å². The van der Waals surface area contributed by atoms with Crippen LogP contribution in [0.5, 0.6) is 0 Å². The van der Waals surface area contributed by atoms with Gasteiger partial charge in [-0.3, -0.25) is 0 Å². The van der Waals surface area contributed by atoms with Crippen LogP contribution in [0.1, 0.15) is 11.1 Å². The summed E-state index contributed by atoms with van der Waals surface area (Å²) in [5.41, 5.74) is 0.258. The van der Waals surface area contributed by atoms with Crippen molar-refractivity contribution < 1.29 is 17.6 Å². The van der Waals surface area contributed by atoms with Crippen molar-refractivity contribution in [2.24, 2.45) is 0 Å². The Morgan fingerprint density at radius 3 is 2.56 bits per heavy atom. The minimum Gasteiger partial charge on any atom is -0.305 e. The highest BCUT2D eigenvalue weighted by Gasteiger charge is 2.26. The average Bonchev–Trinajstić information content (AvgIpc) is 2.18. The van der Waals surface area contributed by atoms with Crippen LogP contribution in [0.3, 0.4) is 0 Å². The smallest absolute Gasteiger partial charge is 0.305 e. The molecule has 0 aliphatic heterocycles. The SMILES string of the molecule is N#Cc1cc(CNCC(F)(F)F)ccc1F. The molecule has 0 bridgehead atoms. The number of alkyl halides is 3. The molecule has 86 valence electrons. The summed E-state index contributed by atoms with van der Waals surface area (Å²) < 4.78 is 48.2. The number of hydrogen-bond donors (Lipinski definition) is 1. The highest BCUT2D eigenvalue weighted by atomic mass is 19.4. The number of rotatable bonds is 3. The van der Waals surface area contributed by atoms with E-state index in [2.05, 4.69) is 5.32 Å². The van der Waals surface area contributed by atoms with E-state index in [1.807, 2.05) is 0 Å². The third-order valence-corrected chi connectivity index (χ3v) is 1.81. The van der Waals surface area contributed by atoms with Gasteiger partial charge in [-0.05, 0) is 17.7 Å². The highest BCUT2D eigenvalue weighted by Crippen LogP contribution is 2.13. The molecule has 0 atom stereocenters. The Kier molecular flexibility index (Phi) is 3.85. The number of nitrogens with one attached hydrogen (secondary N) is 1. The van der Waals surface area contributed by atoms with Gasteiger partial charge in [0, 0.05) is 6.54 Å². The van der Waals surface area contributed by atoms with Crippen molar-refractivity contribution in [1.82, 2.24) is 5.32 Å². The number of halogens is 4. The Morgan fingerprint density at radius 1 is 1.31 bits per heavy atom. The minimum atomic E-state index is -4.28. The Morgan fingerprint density at radius 2 is 2.00 bits per heavy atom. The summed E-state index contributed by atoms with van der Waals surface area (Å²) >= 11 is 0. The topological polar surface area (TPSA) is 35.8 Å². The Labute approximate surface area is 89.5 Å². The average molecular weight is 232 g/mol. The zero-order chi connectivity index (χ0) is 12.2. The van der Waals surface area contributed by atoms with E-state index in [0.717, 1.165) is 6.07 Å². The van der Waals surface area contributed by atoms with Crippen molar-refractivity contribution in [1.29, 1.82) is 5.26 Å². The van der Waals surface area contributed by atoms with Gasteiger partial charge < -0.3 is 5.32 Å². The van der Waals surface area contributed by atoms with E-state index in [-0.39, 0.29) is 12.1 Å². The van der Waals surface area contributed by atoms with Gasteiger partial charge in [-0.2, -0.15) is 18.4 Å². The quantitative estimate of drug-likeness (QED) is 0.812. The first-order valence-corrected chi connectivity index (χ1v) is 4.38. The maximum Gasteiger partial charge on any atom is 0.401 e. The van der Waals surface area contributed by atoms with Crippen LogP contribution in [0.25, 0.3) is 0 Å². The Balaban J connectivity index is 2.59. The first kappa shape index (κ1) is 12.5. The van der Waals surface area contributed by atoms with Crippen molar-refractivity contribution in [3.05, 3.63) is 35.1 Å². The summed E-state index contributed by atoms with van der Waals surface area (Å²) in [7, 11) is 0. The van der Waals surface area contributed by atoms with Gasteiger partial charge in [-0.1, -0.05) is 6.07 Å². The number of benzene rings is 1. The fraction of sp³-hybridized carbons (Fsp3) is 0.300. The molecule has 16 heavy (non-hydrogen) atoms. The molecule has 0 saturated heterocycles. The lowest BCUT2D eigenvalue weighted by Gasteiger charge is -2.08. The van der Waals surface area contributed by atoms with Gasteiger partial charge in [0.05, 0.1) is 12.1 Å². The van der Waals surface area contributed by atoms with Crippen LogP contribution in [0, 0.1) is 17.1 Å². The molecular weight excluding hydrogens is 224 g/mol. The molecule has 1 N–H and O–H groups in total. The highest BCUT2D eigenvalue weighted by molar-refractivity contribution is 5.34. The summed E-state index contributed by atoms with van der Waals surface area (Å²) in [4.78, 5) is 0. The number of hydrogen-bond acceptors (Lipinski definition) is 2. The van der Waals surface area contributed by atoms with Crippen LogP contribution in [-0.4, -0.2) is 12.7 Å². The molecule has 0 aliphatic rings. The van der Waals surface area contributed by atoms with Crippen molar-refractivity contribution in [2.75, 3.05) is 6.54 Å². The Hall–Kier alpha value is -1.61. The van der Waals surface area contributed by atoms with Crippen LogP contribution >= 0.6 is 0 Å². The molecule has 1 rings (SSSR count). The summed E-state index contributed by atoms with van der Waals surface area (Å²) in [6, 6.07) is 5.23. The maximum atomic E-state index is 12.9. The van der Waals surface area contributed by atoms with Crippen LogP contribution in [0.2, 0.25) is 0 Å². The predicted molar refractivity (Wildman–Crippen MR) is 48.9 cm³/mol. The standard InChI is InChI=1S/C10H8F4N2/c11-9-2-1-7(3-8(9)4-15)5-16-6-10(12,13)14/h1-3,16H,5-6H2. The van der Waals surface area contributed by atoms with Crippen molar-refractivity contribution in [3.8, 4) is 6.07 Å². The van der Waals surface area contributed by atoms with Crippen LogP contribution in [-0.2, 0) is 6.54 Å². The fourth-order valence-electron chi connectivity index (χ4n) is 1.12. The van der Waals surface area contributed by atoms with Gasteiger partial charge in [0.25, 0.3) is 0 Å². The molecule has 0 unspecified atom stereocenters. The molecule has 0 aromatic heterocycles. The number of nitriles is 1. The molecule has 0 fully saturated rings. The van der Waals surface area contributed by atoms with Crippen LogP contribution in [0.4, 0.5) is 17.6 Å². The molecule has 0 saturated carbocycles. The molecule has 0 radical (unpaired) electrons. The predicted octanol–water partition coefficient (Wildman–Crippen LogP) is 2.35. The van der Waals surface area contributed by atoms with Gasteiger partial charge in [-0.25, -0.2) is 4.39 Å². The fourth-order valence-corrected chi connectivity index (χ4v) is 1.12. The molecule has 1 aromatic carbocycles. The van der Waals surface area contributed by atoms with Gasteiger partial charge >= 0.3 is 6.18 Å². The van der Waals surface area contributed by atoms with Crippen LogP contribution < -0.4 is 5.32 Å². The van der Waals surface area contributed by atoms with E-state index in [1.165, 1.54) is 12.1 Å². The van der Waals surface area contributed by atoms with Gasteiger partial charge in [0.2, 0.25) is 0 Å². The molecule has 6 heteroatoms. The third-order valence-electron chi connectivity index (χ3n) is 1.81. The van der Waals surface area contributed by atoms with Gasteiger partial charge in [0.1, 0.15) is 11.9 Å². The molecule has 2 nitrogen and oxygen atoms in total. The second-order valence-electron chi connectivity index (χ2n) is 3.14. The zero-order valence-corrected chi connectivity index (χ0v) is 8.11. The lowest BCUT2D eigenvalue weighted by atomic mass is 10.1. The van der Waals surface area contributed by atoms with Crippen molar-refractivity contribution in [3.63, 3.8) is 0 Å². The summed E-state index contributed by atoms with van der Waals surface area (Å²) in [6.07, 6.45) is -4.28. The largest absolute Gasteiger partial charge is 0.401 e. The molecule has 0 spiro atoms. The van der Waals surface area contributed by atoms with E-state index < -0.39 is 18.5 Å². The van der Waals surface area contributed by atoms with E-state index in [0.29, 0.717) is 5.56 Å². The Bertz CT molecular complexity index is 406. The van der Waals surface area contributed by atoms with Crippen molar-refractivity contribution >= 4 is 0 Å². The molecule has 0 heterocycles.